The number of hydrogen-bond acceptors (Lipinski definition) is 7. The van der Waals surface area contributed by atoms with Gasteiger partial charge in [-0.1, -0.05) is 25.7 Å². The van der Waals surface area contributed by atoms with Crippen molar-refractivity contribution in [2.45, 2.75) is 107 Å². The molecule has 4 aliphatic heterocycles. The van der Waals surface area contributed by atoms with Crippen molar-refractivity contribution in [1.82, 2.24) is 25.3 Å². The van der Waals surface area contributed by atoms with Crippen molar-refractivity contribution >= 4 is 11.7 Å². The highest BCUT2D eigenvalue weighted by molar-refractivity contribution is 6.20. The topological polar surface area (TPSA) is 77.2 Å². The Labute approximate surface area is 240 Å². The summed E-state index contributed by atoms with van der Waals surface area (Å²) in [5, 5.41) is 7.00. The molecular formula is C32H51N5O3. The lowest BCUT2D eigenvalue weighted by molar-refractivity contribution is -0.200. The standard InChI is InChI=1S/C32H51N5O3/c38-30-24-9-10-26(33-11-17-35-13-3-4-14-35)31-29(24)37(21-25(30)32(39)34-12-18-36-15-5-6-16-36)27-19-22-7-1-2-8-23(22)20-28(27)40-31/h21-24,26-29,31,33H,1-20H2,(H,34,39). The van der Waals surface area contributed by atoms with Crippen LogP contribution < -0.4 is 10.6 Å². The van der Waals surface area contributed by atoms with Gasteiger partial charge >= 0.3 is 0 Å². The van der Waals surface area contributed by atoms with Crippen LogP contribution >= 0.6 is 0 Å². The zero-order valence-corrected chi connectivity index (χ0v) is 24.4. The van der Waals surface area contributed by atoms with Gasteiger partial charge in [-0.05, 0) is 89.4 Å². The van der Waals surface area contributed by atoms with E-state index in [0.717, 1.165) is 70.2 Å². The van der Waals surface area contributed by atoms with Gasteiger partial charge in [0.05, 0.1) is 29.9 Å². The molecule has 8 nitrogen and oxygen atoms in total. The number of nitrogens with one attached hydrogen (secondary N) is 2. The van der Waals surface area contributed by atoms with Crippen molar-refractivity contribution in [2.75, 3.05) is 52.4 Å². The van der Waals surface area contributed by atoms with E-state index in [2.05, 4.69) is 25.3 Å². The summed E-state index contributed by atoms with van der Waals surface area (Å²) in [4.78, 5) is 34.8. The molecule has 0 aromatic heterocycles. The molecule has 7 aliphatic rings. The lowest BCUT2D eigenvalue weighted by Crippen LogP contribution is -2.71. The maximum absolute atomic E-state index is 13.9. The Balaban J connectivity index is 1.10. The van der Waals surface area contributed by atoms with Gasteiger partial charge in [-0.15, -0.1) is 0 Å². The predicted molar refractivity (Wildman–Crippen MR) is 155 cm³/mol. The number of carbonyl (C=O) groups excluding carboxylic acids is 2. The van der Waals surface area contributed by atoms with Gasteiger partial charge in [-0.3, -0.25) is 9.59 Å². The molecule has 40 heavy (non-hydrogen) atoms. The lowest BCUT2D eigenvalue weighted by Gasteiger charge is -2.60. The fourth-order valence-corrected chi connectivity index (χ4v) is 9.53. The van der Waals surface area contributed by atoms with Crippen LogP contribution in [0.4, 0.5) is 0 Å². The number of likely N-dealkylation sites (tertiary alicyclic amines) is 2. The molecule has 1 amide bonds. The molecule has 8 heteroatoms. The Morgan fingerprint density at radius 2 is 1.52 bits per heavy atom. The zero-order valence-electron chi connectivity index (χ0n) is 24.4. The van der Waals surface area contributed by atoms with Crippen LogP contribution in [-0.2, 0) is 14.3 Å². The van der Waals surface area contributed by atoms with Crippen LogP contribution in [0.2, 0.25) is 0 Å². The summed E-state index contributed by atoms with van der Waals surface area (Å²) in [6, 6.07) is 0.605. The van der Waals surface area contributed by atoms with Gasteiger partial charge in [0.15, 0.2) is 5.78 Å². The van der Waals surface area contributed by atoms with Crippen molar-refractivity contribution in [2.24, 2.45) is 17.8 Å². The van der Waals surface area contributed by atoms with E-state index in [-0.39, 0.29) is 47.9 Å². The Morgan fingerprint density at radius 3 is 2.25 bits per heavy atom. The number of amides is 1. The van der Waals surface area contributed by atoms with Gasteiger partial charge < -0.3 is 30.1 Å². The highest BCUT2D eigenvalue weighted by Crippen LogP contribution is 2.49. The molecule has 0 bridgehead atoms. The molecule has 8 atom stereocenters. The van der Waals surface area contributed by atoms with Crippen molar-refractivity contribution in [3.8, 4) is 0 Å². The normalized spacial score (nSPS) is 39.9. The first-order valence-corrected chi connectivity index (χ1v) is 16.8. The highest BCUT2D eigenvalue weighted by atomic mass is 16.5. The monoisotopic (exact) mass is 553 g/mol. The van der Waals surface area contributed by atoms with E-state index in [1.807, 2.05) is 6.20 Å². The van der Waals surface area contributed by atoms with Crippen molar-refractivity contribution in [3.05, 3.63) is 11.8 Å². The van der Waals surface area contributed by atoms with Crippen LogP contribution in [0, 0.1) is 17.8 Å². The second-order valence-electron chi connectivity index (χ2n) is 13.9. The van der Waals surface area contributed by atoms with Crippen LogP contribution in [0.15, 0.2) is 11.8 Å². The van der Waals surface area contributed by atoms with Crippen molar-refractivity contribution in [1.29, 1.82) is 0 Å². The van der Waals surface area contributed by atoms with E-state index in [1.54, 1.807) is 0 Å². The number of nitrogens with zero attached hydrogens (tertiary/aromatic N) is 3. The fourth-order valence-electron chi connectivity index (χ4n) is 9.53. The van der Waals surface area contributed by atoms with Gasteiger partial charge in [0, 0.05) is 44.3 Å². The molecule has 0 spiro atoms. The molecule has 222 valence electrons. The van der Waals surface area contributed by atoms with Crippen LogP contribution in [0.3, 0.4) is 0 Å². The smallest absolute Gasteiger partial charge is 0.256 e. The van der Waals surface area contributed by atoms with E-state index in [1.165, 1.54) is 64.5 Å². The summed E-state index contributed by atoms with van der Waals surface area (Å²) >= 11 is 0. The predicted octanol–water partition coefficient (Wildman–Crippen LogP) is 2.54. The van der Waals surface area contributed by atoms with Crippen LogP contribution in [0.25, 0.3) is 0 Å². The van der Waals surface area contributed by atoms with Gasteiger partial charge in [-0.25, -0.2) is 0 Å². The fraction of sp³-hybridized carbons (Fsp3) is 0.875. The number of Topliss-reactive ketones (excluding diaryl/α,β-unsaturated/α-hetero) is 1. The summed E-state index contributed by atoms with van der Waals surface area (Å²) < 4.78 is 7.08. The number of ketones is 1. The van der Waals surface area contributed by atoms with Crippen LogP contribution in [0.1, 0.15) is 77.0 Å². The third kappa shape index (κ3) is 5.38. The average molecular weight is 554 g/mol. The molecular weight excluding hydrogens is 502 g/mol. The summed E-state index contributed by atoms with van der Waals surface area (Å²) in [6.07, 6.45) is 16.8. The highest BCUT2D eigenvalue weighted by Gasteiger charge is 2.57. The minimum absolute atomic E-state index is 0.0127. The Hall–Kier alpha value is -1.48. The molecule has 0 aromatic carbocycles. The first kappa shape index (κ1) is 27.4. The largest absolute Gasteiger partial charge is 0.369 e. The first-order chi connectivity index (χ1) is 19.7. The molecule has 6 fully saturated rings. The maximum atomic E-state index is 13.9. The van der Waals surface area contributed by atoms with E-state index in [9.17, 15) is 9.59 Å². The summed E-state index contributed by atoms with van der Waals surface area (Å²) in [7, 11) is 0. The summed E-state index contributed by atoms with van der Waals surface area (Å²) in [5.74, 6) is 1.27. The van der Waals surface area contributed by atoms with E-state index in [4.69, 9.17) is 4.74 Å². The summed E-state index contributed by atoms with van der Waals surface area (Å²) in [5.41, 5.74) is 0.397. The van der Waals surface area contributed by atoms with Crippen LogP contribution in [0.5, 0.6) is 0 Å². The van der Waals surface area contributed by atoms with Gasteiger partial charge in [-0.2, -0.15) is 0 Å². The first-order valence-electron chi connectivity index (χ1n) is 16.8. The number of carbonyl (C=O) groups is 2. The molecule has 3 saturated carbocycles. The van der Waals surface area contributed by atoms with Gasteiger partial charge in [0.2, 0.25) is 0 Å². The molecule has 0 radical (unpaired) electrons. The second-order valence-corrected chi connectivity index (χ2v) is 13.9. The molecule has 2 N–H and O–H groups in total. The minimum atomic E-state index is -0.167. The Morgan fingerprint density at radius 1 is 0.850 bits per heavy atom. The maximum Gasteiger partial charge on any atom is 0.256 e. The number of fused-ring (bicyclic) bond motifs is 3. The number of ether oxygens (including phenoxy) is 1. The Kier molecular flexibility index (Phi) is 8.22. The average Bonchev–Trinajstić information content (AvgIpc) is 3.69. The minimum Gasteiger partial charge on any atom is -0.369 e. The van der Waals surface area contributed by atoms with E-state index < -0.39 is 0 Å². The second kappa shape index (κ2) is 12.0. The SMILES string of the molecule is O=C(NCCN1CCCC1)C1=CN2C3CC4CCCCC4CC3OC3C(NCCN4CCCC4)CCC(C1=O)C32. The number of hydrogen-bond donors (Lipinski definition) is 2. The van der Waals surface area contributed by atoms with E-state index >= 15 is 0 Å². The molecule has 4 heterocycles. The summed E-state index contributed by atoms with van der Waals surface area (Å²) in [6.45, 7) is 8.24. The molecule has 8 unspecified atom stereocenters. The van der Waals surface area contributed by atoms with Crippen molar-refractivity contribution in [3.63, 3.8) is 0 Å². The van der Waals surface area contributed by atoms with E-state index in [0.29, 0.717) is 12.1 Å². The van der Waals surface area contributed by atoms with Crippen LogP contribution in [-0.4, -0.2) is 109 Å². The quantitative estimate of drug-likeness (QED) is 0.448. The third-order valence-electron chi connectivity index (χ3n) is 11.6. The Bertz CT molecular complexity index is 960. The van der Waals surface area contributed by atoms with Crippen molar-refractivity contribution < 1.29 is 14.3 Å². The third-order valence-corrected chi connectivity index (χ3v) is 11.6. The van der Waals surface area contributed by atoms with Gasteiger partial charge in [0.1, 0.15) is 0 Å². The number of rotatable bonds is 8. The zero-order chi connectivity index (χ0) is 27.1. The molecule has 3 aliphatic carbocycles. The van der Waals surface area contributed by atoms with Gasteiger partial charge in [0.25, 0.3) is 5.91 Å². The molecule has 7 rings (SSSR count). The molecule has 3 saturated heterocycles. The molecule has 0 aromatic rings. The number of morpholine rings is 1. The lowest BCUT2D eigenvalue weighted by atomic mass is 9.65.